The van der Waals surface area contributed by atoms with Crippen LogP contribution in [0.1, 0.15) is 18.1 Å². The van der Waals surface area contributed by atoms with Crippen molar-refractivity contribution in [2.45, 2.75) is 13.3 Å². The molecule has 3 rings (SSSR count). The quantitative estimate of drug-likeness (QED) is 0.681. The third-order valence-electron chi connectivity index (χ3n) is 4.06. The number of aryl methyl sites for hydroxylation is 1. The monoisotopic (exact) mass is 346 g/mol. The van der Waals surface area contributed by atoms with E-state index in [1.165, 1.54) is 6.08 Å². The minimum atomic E-state index is -0.742. The van der Waals surface area contributed by atoms with Crippen LogP contribution in [0, 0.1) is 0 Å². The second kappa shape index (κ2) is 7.61. The predicted molar refractivity (Wildman–Crippen MR) is 100 cm³/mol. The highest BCUT2D eigenvalue weighted by atomic mass is 16.2. The van der Waals surface area contributed by atoms with Crippen LogP contribution >= 0.6 is 0 Å². The average Bonchev–Trinajstić information content (AvgIpc) is 2.65. The molecule has 0 atom stereocenters. The number of nitrogens with one attached hydrogen (secondary N) is 1. The van der Waals surface area contributed by atoms with E-state index in [4.69, 9.17) is 0 Å². The van der Waals surface area contributed by atoms with Gasteiger partial charge in [0.1, 0.15) is 5.57 Å². The Morgan fingerprint density at radius 1 is 0.962 bits per heavy atom. The lowest BCUT2D eigenvalue weighted by atomic mass is 10.1. The molecule has 4 amide bonds. The smallest absolute Gasteiger partial charge is 0.273 e. The summed E-state index contributed by atoms with van der Waals surface area (Å²) in [6.45, 7) is 2.02. The molecule has 1 N–H and O–H groups in total. The number of rotatable bonds is 4. The molecule has 1 aliphatic heterocycles. The summed E-state index contributed by atoms with van der Waals surface area (Å²) in [6, 6.07) is 15.9. The van der Waals surface area contributed by atoms with Crippen LogP contribution in [0.15, 0.2) is 72.3 Å². The van der Waals surface area contributed by atoms with Crippen LogP contribution in [0.25, 0.3) is 6.08 Å². The molecule has 5 heteroatoms. The highest BCUT2D eigenvalue weighted by Gasteiger charge is 2.36. The SMILES string of the molecule is CCc1ccc(N2C(=O)NC(=O)/C(=C/C=C\c3ccccc3)C2=O)cc1. The van der Waals surface area contributed by atoms with E-state index < -0.39 is 17.8 Å². The maximum atomic E-state index is 12.7. The van der Waals surface area contributed by atoms with E-state index >= 15 is 0 Å². The zero-order valence-corrected chi connectivity index (χ0v) is 14.3. The van der Waals surface area contributed by atoms with Crippen LogP contribution in [0.2, 0.25) is 0 Å². The number of anilines is 1. The number of nitrogens with zero attached hydrogens (tertiary/aromatic N) is 1. The number of imide groups is 2. The molecular weight excluding hydrogens is 328 g/mol. The Bertz CT molecular complexity index is 897. The number of urea groups is 1. The highest BCUT2D eigenvalue weighted by Crippen LogP contribution is 2.21. The van der Waals surface area contributed by atoms with Gasteiger partial charge in [-0.1, -0.05) is 61.5 Å². The number of carbonyl (C=O) groups excluding carboxylic acids is 3. The second-order valence-corrected chi connectivity index (χ2v) is 5.77. The van der Waals surface area contributed by atoms with E-state index in [2.05, 4.69) is 5.32 Å². The molecule has 1 aliphatic rings. The molecule has 0 aromatic heterocycles. The second-order valence-electron chi connectivity index (χ2n) is 5.77. The van der Waals surface area contributed by atoms with Gasteiger partial charge in [0.15, 0.2) is 0 Å². The molecule has 0 bridgehead atoms. The predicted octanol–water partition coefficient (Wildman–Crippen LogP) is 3.47. The van der Waals surface area contributed by atoms with Gasteiger partial charge in [0.05, 0.1) is 5.69 Å². The van der Waals surface area contributed by atoms with E-state index in [1.54, 1.807) is 24.3 Å². The summed E-state index contributed by atoms with van der Waals surface area (Å²) in [5.41, 5.74) is 2.37. The summed E-state index contributed by atoms with van der Waals surface area (Å²) in [5.74, 6) is -1.33. The van der Waals surface area contributed by atoms with Crippen molar-refractivity contribution in [3.05, 3.63) is 83.4 Å². The zero-order valence-electron chi connectivity index (χ0n) is 14.3. The van der Waals surface area contributed by atoms with Gasteiger partial charge in [0, 0.05) is 0 Å². The fourth-order valence-corrected chi connectivity index (χ4v) is 2.61. The largest absolute Gasteiger partial charge is 0.335 e. The molecule has 0 spiro atoms. The molecule has 0 radical (unpaired) electrons. The van der Waals surface area contributed by atoms with Gasteiger partial charge in [-0.25, -0.2) is 9.69 Å². The van der Waals surface area contributed by atoms with E-state index in [1.807, 2.05) is 49.4 Å². The van der Waals surface area contributed by atoms with E-state index in [9.17, 15) is 14.4 Å². The highest BCUT2D eigenvalue weighted by molar-refractivity contribution is 6.37. The number of barbiturate groups is 1. The van der Waals surface area contributed by atoms with Crippen molar-refractivity contribution in [3.63, 3.8) is 0 Å². The molecule has 26 heavy (non-hydrogen) atoms. The first-order chi connectivity index (χ1) is 12.6. The van der Waals surface area contributed by atoms with Gasteiger partial charge in [-0.3, -0.25) is 14.9 Å². The van der Waals surface area contributed by atoms with Crippen LogP contribution < -0.4 is 10.2 Å². The van der Waals surface area contributed by atoms with E-state index in [-0.39, 0.29) is 5.57 Å². The molecule has 1 heterocycles. The lowest BCUT2D eigenvalue weighted by molar-refractivity contribution is -0.122. The van der Waals surface area contributed by atoms with Crippen molar-refractivity contribution in [2.75, 3.05) is 4.90 Å². The molecule has 1 fully saturated rings. The minimum absolute atomic E-state index is 0.0867. The zero-order chi connectivity index (χ0) is 18.5. The summed E-state index contributed by atoms with van der Waals surface area (Å²) in [4.78, 5) is 37.9. The Balaban J connectivity index is 1.87. The Labute approximate surface area is 151 Å². The van der Waals surface area contributed by atoms with Gasteiger partial charge in [0.2, 0.25) is 0 Å². The summed E-state index contributed by atoms with van der Waals surface area (Å²) in [6.07, 6.45) is 5.68. The molecule has 130 valence electrons. The number of allylic oxidation sites excluding steroid dienone is 2. The lowest BCUT2D eigenvalue weighted by Gasteiger charge is -2.26. The van der Waals surface area contributed by atoms with Gasteiger partial charge in [0.25, 0.3) is 11.8 Å². The molecule has 2 aromatic rings. The molecule has 0 unspecified atom stereocenters. The minimum Gasteiger partial charge on any atom is -0.273 e. The van der Waals surface area contributed by atoms with Crippen LogP contribution in [0.4, 0.5) is 10.5 Å². The fourth-order valence-electron chi connectivity index (χ4n) is 2.61. The number of amides is 4. The fraction of sp³-hybridized carbons (Fsp3) is 0.0952. The average molecular weight is 346 g/mol. The first-order valence-electron chi connectivity index (χ1n) is 8.32. The summed E-state index contributed by atoms with van der Waals surface area (Å²) in [5, 5.41) is 2.21. The number of hydrogen-bond donors (Lipinski definition) is 1. The summed E-state index contributed by atoms with van der Waals surface area (Å²) >= 11 is 0. The van der Waals surface area contributed by atoms with E-state index in [0.717, 1.165) is 22.4 Å². The Morgan fingerprint density at radius 3 is 2.31 bits per heavy atom. The van der Waals surface area contributed by atoms with Gasteiger partial charge in [-0.05, 0) is 35.8 Å². The maximum Gasteiger partial charge on any atom is 0.335 e. The molecule has 2 aromatic carbocycles. The van der Waals surface area contributed by atoms with Crippen molar-refractivity contribution < 1.29 is 14.4 Å². The molecule has 1 saturated heterocycles. The maximum absolute atomic E-state index is 12.7. The van der Waals surface area contributed by atoms with Crippen LogP contribution in [0.5, 0.6) is 0 Å². The van der Waals surface area contributed by atoms with Gasteiger partial charge in [-0.15, -0.1) is 0 Å². The van der Waals surface area contributed by atoms with Gasteiger partial charge in [-0.2, -0.15) is 0 Å². The van der Waals surface area contributed by atoms with Gasteiger partial charge >= 0.3 is 6.03 Å². The van der Waals surface area contributed by atoms with Crippen LogP contribution in [-0.4, -0.2) is 17.8 Å². The molecule has 0 aliphatic carbocycles. The molecule has 0 saturated carbocycles. The number of carbonyl (C=O) groups is 3. The Morgan fingerprint density at radius 2 is 1.65 bits per heavy atom. The van der Waals surface area contributed by atoms with Gasteiger partial charge < -0.3 is 0 Å². The Hall–Kier alpha value is -3.47. The van der Waals surface area contributed by atoms with Crippen LogP contribution in [-0.2, 0) is 16.0 Å². The first kappa shape index (κ1) is 17.4. The van der Waals surface area contributed by atoms with E-state index in [0.29, 0.717) is 5.69 Å². The normalized spacial score (nSPS) is 16.4. The Kier molecular flexibility index (Phi) is 5.08. The molecule has 5 nitrogen and oxygen atoms in total. The summed E-state index contributed by atoms with van der Waals surface area (Å²) < 4.78 is 0. The number of benzene rings is 2. The van der Waals surface area contributed by atoms with Crippen molar-refractivity contribution in [1.29, 1.82) is 0 Å². The third-order valence-corrected chi connectivity index (χ3v) is 4.06. The van der Waals surface area contributed by atoms with Crippen LogP contribution in [0.3, 0.4) is 0 Å². The van der Waals surface area contributed by atoms with Crippen molar-refractivity contribution in [2.24, 2.45) is 0 Å². The van der Waals surface area contributed by atoms with Crippen molar-refractivity contribution in [3.8, 4) is 0 Å². The topological polar surface area (TPSA) is 66.5 Å². The molecular formula is C21H18N2O3. The van der Waals surface area contributed by atoms with Crippen molar-refractivity contribution in [1.82, 2.24) is 5.32 Å². The number of hydrogen-bond acceptors (Lipinski definition) is 3. The summed E-state index contributed by atoms with van der Waals surface area (Å²) in [7, 11) is 0. The first-order valence-corrected chi connectivity index (χ1v) is 8.32. The standard InChI is InChI=1S/C21H18N2O3/c1-2-15-11-13-17(14-12-15)23-20(25)18(19(24)22-21(23)26)10-6-9-16-7-4-3-5-8-16/h3-14H,2H2,1H3,(H,22,24,26)/b9-6-,18-10-. The lowest BCUT2D eigenvalue weighted by Crippen LogP contribution is -2.54. The van der Waals surface area contributed by atoms with Crippen molar-refractivity contribution >= 4 is 29.6 Å². The third kappa shape index (κ3) is 3.62.